The maximum Gasteiger partial charge on any atom is 0.426 e. The van der Waals surface area contributed by atoms with Gasteiger partial charge in [0.2, 0.25) is 5.60 Å². The predicted molar refractivity (Wildman–Crippen MR) is 96.2 cm³/mol. The van der Waals surface area contributed by atoms with Crippen LogP contribution in [-0.2, 0) is 4.79 Å². The minimum Gasteiger partial charge on any atom is -0.373 e. The van der Waals surface area contributed by atoms with Crippen LogP contribution in [0.1, 0.15) is 17.3 Å². The van der Waals surface area contributed by atoms with Crippen molar-refractivity contribution >= 4 is 46.4 Å². The Kier molecular flexibility index (Phi) is 6.04. The van der Waals surface area contributed by atoms with Gasteiger partial charge < -0.3 is 15.7 Å². The second-order valence-electron chi connectivity index (χ2n) is 5.65. The van der Waals surface area contributed by atoms with Gasteiger partial charge in [-0.3, -0.25) is 9.59 Å². The van der Waals surface area contributed by atoms with Gasteiger partial charge in [-0.2, -0.15) is 13.2 Å². The summed E-state index contributed by atoms with van der Waals surface area (Å²) >= 11 is 11.9. The van der Waals surface area contributed by atoms with Crippen LogP contribution >= 0.6 is 23.2 Å². The summed E-state index contributed by atoms with van der Waals surface area (Å²) in [6, 6.07) is 10.1. The average Bonchev–Trinajstić information content (AvgIpc) is 2.57. The zero-order chi connectivity index (χ0) is 20.4. The van der Waals surface area contributed by atoms with E-state index in [0.717, 1.165) is 12.1 Å². The molecule has 3 N–H and O–H groups in total. The number of nitrogens with one attached hydrogen (secondary N) is 2. The summed E-state index contributed by atoms with van der Waals surface area (Å²) < 4.78 is 38.1. The Labute approximate surface area is 162 Å². The first-order valence-electron chi connectivity index (χ1n) is 7.39. The highest BCUT2D eigenvalue weighted by Gasteiger charge is 2.55. The molecule has 0 spiro atoms. The van der Waals surface area contributed by atoms with Gasteiger partial charge in [0.15, 0.2) is 0 Å². The van der Waals surface area contributed by atoms with Crippen LogP contribution in [0.5, 0.6) is 0 Å². The fourth-order valence-electron chi connectivity index (χ4n) is 1.89. The Morgan fingerprint density at radius 3 is 2.11 bits per heavy atom. The molecule has 2 aromatic rings. The van der Waals surface area contributed by atoms with E-state index in [1.807, 2.05) is 5.32 Å². The van der Waals surface area contributed by atoms with Crippen LogP contribution in [0.4, 0.5) is 24.5 Å². The third-order valence-electron chi connectivity index (χ3n) is 3.60. The van der Waals surface area contributed by atoms with Gasteiger partial charge in [-0.1, -0.05) is 35.3 Å². The van der Waals surface area contributed by atoms with Crippen molar-refractivity contribution in [2.75, 3.05) is 10.6 Å². The van der Waals surface area contributed by atoms with Gasteiger partial charge in [-0.15, -0.1) is 0 Å². The molecule has 0 fully saturated rings. The van der Waals surface area contributed by atoms with E-state index in [2.05, 4.69) is 5.32 Å². The Bertz CT molecular complexity index is 886. The summed E-state index contributed by atoms with van der Waals surface area (Å²) in [5, 5.41) is 13.9. The van der Waals surface area contributed by atoms with Crippen LogP contribution in [0.3, 0.4) is 0 Å². The Morgan fingerprint density at radius 2 is 1.56 bits per heavy atom. The number of aliphatic hydroxyl groups is 1. The minimum atomic E-state index is -5.17. The van der Waals surface area contributed by atoms with Gasteiger partial charge in [0.25, 0.3) is 11.8 Å². The predicted octanol–water partition coefficient (Wildman–Crippen LogP) is 4.50. The molecule has 0 saturated carbocycles. The highest BCUT2D eigenvalue weighted by Crippen LogP contribution is 2.32. The highest BCUT2D eigenvalue weighted by atomic mass is 35.5. The quantitative estimate of drug-likeness (QED) is 0.681. The lowest BCUT2D eigenvalue weighted by Crippen LogP contribution is -2.52. The van der Waals surface area contributed by atoms with Crippen LogP contribution in [0.15, 0.2) is 42.5 Å². The molecule has 1 unspecified atom stereocenters. The Hall–Kier alpha value is -2.29. The summed E-state index contributed by atoms with van der Waals surface area (Å²) in [7, 11) is 0. The Morgan fingerprint density at radius 1 is 0.963 bits per heavy atom. The van der Waals surface area contributed by atoms with E-state index in [1.165, 1.54) is 6.07 Å². The lowest BCUT2D eigenvalue weighted by Gasteiger charge is -2.25. The second kappa shape index (κ2) is 7.75. The highest BCUT2D eigenvalue weighted by molar-refractivity contribution is 6.35. The molecule has 2 aromatic carbocycles. The molecule has 0 aliphatic carbocycles. The van der Waals surface area contributed by atoms with E-state index in [9.17, 15) is 27.9 Å². The standard InChI is InChI=1S/C17H13Cl2F3N2O3/c1-16(27,17(20,21)22)15(26)24-13-7-6-9(8-11(13)19)14(25)23-12-5-3-2-4-10(12)18/h2-8,27H,1H3,(H,23,25)(H,24,26). The molecule has 0 aromatic heterocycles. The maximum atomic E-state index is 12.7. The fraction of sp³-hybridized carbons (Fsp3) is 0.176. The lowest BCUT2D eigenvalue weighted by molar-refractivity contribution is -0.242. The van der Waals surface area contributed by atoms with E-state index in [1.54, 1.807) is 24.3 Å². The maximum absolute atomic E-state index is 12.7. The first-order chi connectivity index (χ1) is 12.4. The van der Waals surface area contributed by atoms with Gasteiger partial charge in [-0.05, 0) is 37.3 Å². The molecule has 2 rings (SSSR count). The normalized spacial score (nSPS) is 13.6. The topological polar surface area (TPSA) is 78.4 Å². The summed E-state index contributed by atoms with van der Waals surface area (Å²) in [4.78, 5) is 23.9. The number of carbonyl (C=O) groups is 2. The largest absolute Gasteiger partial charge is 0.426 e. The number of rotatable bonds is 4. The first-order valence-corrected chi connectivity index (χ1v) is 8.15. The molecule has 1 atom stereocenters. The number of amides is 2. The number of para-hydroxylation sites is 1. The monoisotopic (exact) mass is 420 g/mol. The second-order valence-corrected chi connectivity index (χ2v) is 6.47. The minimum absolute atomic E-state index is 0.0838. The van der Waals surface area contributed by atoms with Crippen molar-refractivity contribution in [2.24, 2.45) is 0 Å². The smallest absolute Gasteiger partial charge is 0.373 e. The summed E-state index contributed by atoms with van der Waals surface area (Å²) in [6.07, 6.45) is -5.17. The van der Waals surface area contributed by atoms with E-state index < -0.39 is 23.6 Å². The Balaban J connectivity index is 2.17. The number of anilines is 2. The number of alkyl halides is 3. The van der Waals surface area contributed by atoms with Crippen LogP contribution in [0.25, 0.3) is 0 Å². The lowest BCUT2D eigenvalue weighted by atomic mass is 10.1. The van der Waals surface area contributed by atoms with Crippen molar-refractivity contribution in [3.05, 3.63) is 58.1 Å². The number of halogens is 5. The first kappa shape index (κ1) is 21.0. The summed E-state index contributed by atoms with van der Waals surface area (Å²) in [6.45, 7) is 0.321. The molecule has 0 saturated heterocycles. The third-order valence-corrected chi connectivity index (χ3v) is 4.24. The van der Waals surface area contributed by atoms with E-state index in [0.29, 0.717) is 17.6 Å². The summed E-state index contributed by atoms with van der Waals surface area (Å²) in [5.74, 6) is -2.27. The van der Waals surface area contributed by atoms with Gasteiger partial charge in [-0.25, -0.2) is 0 Å². The zero-order valence-corrected chi connectivity index (χ0v) is 15.2. The van der Waals surface area contributed by atoms with Crippen molar-refractivity contribution in [2.45, 2.75) is 18.7 Å². The fourth-order valence-corrected chi connectivity index (χ4v) is 2.30. The number of hydrogen-bond donors (Lipinski definition) is 3. The molecule has 27 heavy (non-hydrogen) atoms. The zero-order valence-electron chi connectivity index (χ0n) is 13.7. The molecule has 0 heterocycles. The van der Waals surface area contributed by atoms with Crippen molar-refractivity contribution in [3.8, 4) is 0 Å². The molecule has 0 radical (unpaired) electrons. The molecular formula is C17H13Cl2F3N2O3. The van der Waals surface area contributed by atoms with Crippen LogP contribution in [-0.4, -0.2) is 28.7 Å². The van der Waals surface area contributed by atoms with Crippen LogP contribution < -0.4 is 10.6 Å². The SMILES string of the molecule is CC(O)(C(=O)Nc1ccc(C(=O)Nc2ccccc2Cl)cc1Cl)C(F)(F)F. The molecular weight excluding hydrogens is 408 g/mol. The van der Waals surface area contributed by atoms with Gasteiger partial charge in [0.05, 0.1) is 21.4 Å². The van der Waals surface area contributed by atoms with Crippen LogP contribution in [0.2, 0.25) is 10.0 Å². The van der Waals surface area contributed by atoms with Gasteiger partial charge in [0.1, 0.15) is 0 Å². The van der Waals surface area contributed by atoms with Crippen molar-refractivity contribution in [1.82, 2.24) is 0 Å². The van der Waals surface area contributed by atoms with Gasteiger partial charge in [0, 0.05) is 5.56 Å². The third kappa shape index (κ3) is 4.71. The van der Waals surface area contributed by atoms with E-state index >= 15 is 0 Å². The van der Waals surface area contributed by atoms with Gasteiger partial charge >= 0.3 is 6.18 Å². The number of carbonyl (C=O) groups excluding carboxylic acids is 2. The van der Waals surface area contributed by atoms with E-state index in [4.69, 9.17) is 23.2 Å². The molecule has 0 aliphatic heterocycles. The molecule has 10 heteroatoms. The van der Waals surface area contributed by atoms with Crippen molar-refractivity contribution < 1.29 is 27.9 Å². The average molecular weight is 421 g/mol. The molecule has 0 aliphatic rings. The summed E-state index contributed by atoms with van der Waals surface area (Å²) in [5.41, 5.74) is -3.35. The van der Waals surface area contributed by atoms with Crippen molar-refractivity contribution in [1.29, 1.82) is 0 Å². The number of hydrogen-bond acceptors (Lipinski definition) is 3. The van der Waals surface area contributed by atoms with Crippen LogP contribution in [0, 0.1) is 0 Å². The molecule has 2 amide bonds. The molecule has 5 nitrogen and oxygen atoms in total. The number of benzene rings is 2. The molecule has 144 valence electrons. The van der Waals surface area contributed by atoms with Crippen molar-refractivity contribution in [3.63, 3.8) is 0 Å². The molecule has 0 bridgehead atoms. The van der Waals surface area contributed by atoms with E-state index in [-0.39, 0.29) is 16.3 Å².